The molecule has 0 aliphatic heterocycles. The topological polar surface area (TPSA) is 89.9 Å². The van der Waals surface area contributed by atoms with Crippen molar-refractivity contribution in [3.63, 3.8) is 0 Å². The number of anilines is 1. The summed E-state index contributed by atoms with van der Waals surface area (Å²) in [6.45, 7) is 0.537. The highest BCUT2D eigenvalue weighted by Gasteiger charge is 2.29. The summed E-state index contributed by atoms with van der Waals surface area (Å²) in [4.78, 5) is 24.8. The van der Waals surface area contributed by atoms with Gasteiger partial charge in [-0.1, -0.05) is 6.07 Å². The van der Waals surface area contributed by atoms with Gasteiger partial charge >= 0.3 is 12.0 Å². The van der Waals surface area contributed by atoms with E-state index in [1.807, 2.05) is 0 Å². The van der Waals surface area contributed by atoms with Gasteiger partial charge in [0.2, 0.25) is 0 Å². The van der Waals surface area contributed by atoms with Gasteiger partial charge in [-0.05, 0) is 46.8 Å². The lowest BCUT2D eigenvalue weighted by molar-refractivity contribution is 0.0332. The Morgan fingerprint density at radius 3 is 2.67 bits per heavy atom. The van der Waals surface area contributed by atoms with E-state index in [1.165, 1.54) is 11.0 Å². The van der Waals surface area contributed by atoms with Gasteiger partial charge in [0.05, 0.1) is 17.4 Å². The third kappa shape index (κ3) is 3.74. The van der Waals surface area contributed by atoms with Crippen LogP contribution in [-0.4, -0.2) is 46.8 Å². The molecule has 0 atom stereocenters. The Morgan fingerprint density at radius 2 is 2.10 bits per heavy atom. The first-order valence-electron chi connectivity index (χ1n) is 6.60. The van der Waals surface area contributed by atoms with Crippen molar-refractivity contribution in [3.8, 4) is 0 Å². The molecule has 0 unspecified atom stereocenters. The quantitative estimate of drug-likeness (QED) is 0.772. The van der Waals surface area contributed by atoms with Crippen molar-refractivity contribution in [1.82, 2.24) is 4.90 Å². The number of rotatable bonds is 4. The number of halogens is 1. The van der Waals surface area contributed by atoms with E-state index in [1.54, 1.807) is 19.2 Å². The number of urea groups is 1. The predicted molar refractivity (Wildman–Crippen MR) is 81.5 cm³/mol. The van der Waals surface area contributed by atoms with Crippen LogP contribution in [-0.2, 0) is 0 Å². The van der Waals surface area contributed by atoms with Crippen molar-refractivity contribution in [2.75, 3.05) is 18.9 Å². The monoisotopic (exact) mass is 356 g/mol. The number of carbonyl (C=O) groups is 2. The number of hydrogen-bond donors (Lipinski definition) is 3. The lowest BCUT2D eigenvalue weighted by atomic mass is 9.82. The van der Waals surface area contributed by atoms with Gasteiger partial charge in [-0.2, -0.15) is 0 Å². The molecule has 1 aromatic rings. The molecule has 0 radical (unpaired) electrons. The number of para-hydroxylation sites is 1. The molecule has 2 amide bonds. The van der Waals surface area contributed by atoms with Crippen LogP contribution in [0, 0.1) is 5.92 Å². The summed E-state index contributed by atoms with van der Waals surface area (Å²) in [5.41, 5.74) is 0.278. The Kier molecular flexibility index (Phi) is 4.84. The first kappa shape index (κ1) is 15.8. The van der Waals surface area contributed by atoms with E-state index in [0.29, 0.717) is 29.8 Å². The van der Waals surface area contributed by atoms with Crippen LogP contribution in [0.1, 0.15) is 23.2 Å². The van der Waals surface area contributed by atoms with Gasteiger partial charge in [0.15, 0.2) is 0 Å². The highest BCUT2D eigenvalue weighted by molar-refractivity contribution is 9.10. The molecular weight excluding hydrogens is 340 g/mol. The molecule has 0 heterocycles. The first-order chi connectivity index (χ1) is 9.88. The number of carbonyl (C=O) groups excluding carboxylic acids is 1. The normalized spacial score (nSPS) is 20.5. The highest BCUT2D eigenvalue weighted by Crippen LogP contribution is 2.29. The number of hydrogen-bond acceptors (Lipinski definition) is 3. The Hall–Kier alpha value is -1.60. The molecule has 1 aliphatic rings. The molecule has 1 saturated carbocycles. The molecule has 7 heteroatoms. The standard InChI is InChI=1S/C14H17BrN2O4/c1-17(7-8-5-9(18)6-8)14(21)16-12-10(13(19)20)3-2-4-11(12)15/h2-4,8-9,18H,5-7H2,1H3,(H,16,21)(H,19,20). The van der Waals surface area contributed by atoms with E-state index < -0.39 is 5.97 Å². The SMILES string of the molecule is CN(CC1CC(O)C1)C(=O)Nc1c(Br)cccc1C(=O)O. The predicted octanol–water partition coefficient (Wildman–Crippen LogP) is 2.38. The minimum atomic E-state index is -1.10. The maximum absolute atomic E-state index is 12.1. The van der Waals surface area contributed by atoms with Crippen LogP contribution in [0.2, 0.25) is 0 Å². The van der Waals surface area contributed by atoms with Gasteiger partial charge in [-0.15, -0.1) is 0 Å². The fourth-order valence-corrected chi connectivity index (χ4v) is 2.82. The van der Waals surface area contributed by atoms with Crippen LogP contribution in [0.25, 0.3) is 0 Å². The molecule has 1 aliphatic carbocycles. The maximum Gasteiger partial charge on any atom is 0.337 e. The number of benzene rings is 1. The second kappa shape index (κ2) is 6.44. The number of amides is 2. The lowest BCUT2D eigenvalue weighted by Gasteiger charge is -2.34. The van der Waals surface area contributed by atoms with Crippen molar-refractivity contribution in [2.45, 2.75) is 18.9 Å². The third-order valence-corrected chi connectivity index (χ3v) is 4.23. The van der Waals surface area contributed by atoms with E-state index >= 15 is 0 Å². The molecule has 0 spiro atoms. The zero-order valence-electron chi connectivity index (χ0n) is 11.5. The van der Waals surface area contributed by atoms with E-state index in [9.17, 15) is 14.7 Å². The first-order valence-corrected chi connectivity index (χ1v) is 7.39. The molecule has 0 bridgehead atoms. The molecular formula is C14H17BrN2O4. The zero-order chi connectivity index (χ0) is 15.6. The fourth-order valence-electron chi connectivity index (χ4n) is 2.35. The minimum absolute atomic E-state index is 0.0326. The van der Waals surface area contributed by atoms with Crippen molar-refractivity contribution >= 4 is 33.6 Å². The number of carboxylic acid groups (broad SMARTS) is 1. The Balaban J connectivity index is 2.03. The van der Waals surface area contributed by atoms with E-state index in [4.69, 9.17) is 5.11 Å². The Labute approximate surface area is 130 Å². The van der Waals surface area contributed by atoms with Gasteiger partial charge < -0.3 is 20.4 Å². The van der Waals surface area contributed by atoms with Crippen molar-refractivity contribution in [2.24, 2.45) is 5.92 Å². The van der Waals surface area contributed by atoms with Crippen LogP contribution < -0.4 is 5.32 Å². The molecule has 21 heavy (non-hydrogen) atoms. The van der Waals surface area contributed by atoms with Crippen LogP contribution in [0.15, 0.2) is 22.7 Å². The second-order valence-corrected chi connectivity index (χ2v) is 6.12. The zero-order valence-corrected chi connectivity index (χ0v) is 13.1. The van der Waals surface area contributed by atoms with Gasteiger partial charge in [-0.3, -0.25) is 0 Å². The number of carboxylic acids is 1. The highest BCUT2D eigenvalue weighted by atomic mass is 79.9. The summed E-state index contributed by atoms with van der Waals surface area (Å²) >= 11 is 3.25. The smallest absolute Gasteiger partial charge is 0.337 e. The van der Waals surface area contributed by atoms with E-state index in [0.717, 1.165) is 0 Å². The number of nitrogens with one attached hydrogen (secondary N) is 1. The Morgan fingerprint density at radius 1 is 1.43 bits per heavy atom. The van der Waals surface area contributed by atoms with Crippen molar-refractivity contribution in [1.29, 1.82) is 0 Å². The summed E-state index contributed by atoms with van der Waals surface area (Å²) in [6.07, 6.45) is 1.15. The molecule has 0 aromatic heterocycles. The minimum Gasteiger partial charge on any atom is -0.478 e. The summed E-state index contributed by atoms with van der Waals surface area (Å²) in [6, 6.07) is 4.34. The molecule has 6 nitrogen and oxygen atoms in total. The molecule has 2 rings (SSSR count). The largest absolute Gasteiger partial charge is 0.478 e. The molecule has 1 fully saturated rings. The average Bonchev–Trinajstić information content (AvgIpc) is 2.38. The number of aliphatic hydroxyl groups excluding tert-OH is 1. The van der Waals surface area contributed by atoms with Crippen molar-refractivity contribution in [3.05, 3.63) is 28.2 Å². The second-order valence-electron chi connectivity index (χ2n) is 5.27. The van der Waals surface area contributed by atoms with Crippen molar-refractivity contribution < 1.29 is 19.8 Å². The van der Waals surface area contributed by atoms with Crippen LogP contribution in [0.3, 0.4) is 0 Å². The fraction of sp³-hybridized carbons (Fsp3) is 0.429. The number of aromatic carboxylic acids is 1. The maximum atomic E-state index is 12.1. The van der Waals surface area contributed by atoms with Gasteiger partial charge in [0, 0.05) is 18.1 Å². The number of nitrogens with zero attached hydrogens (tertiary/aromatic N) is 1. The van der Waals surface area contributed by atoms with Crippen LogP contribution in [0.5, 0.6) is 0 Å². The van der Waals surface area contributed by atoms with Gasteiger partial charge in [0.1, 0.15) is 0 Å². The molecule has 3 N–H and O–H groups in total. The van der Waals surface area contributed by atoms with Gasteiger partial charge in [-0.25, -0.2) is 9.59 Å². The number of aliphatic hydroxyl groups is 1. The summed E-state index contributed by atoms with van der Waals surface area (Å²) < 4.78 is 0.517. The lowest BCUT2D eigenvalue weighted by Crippen LogP contribution is -2.41. The van der Waals surface area contributed by atoms with E-state index in [2.05, 4.69) is 21.2 Å². The Bertz CT molecular complexity index is 558. The molecule has 1 aromatic carbocycles. The van der Waals surface area contributed by atoms with Crippen LogP contribution >= 0.6 is 15.9 Å². The van der Waals surface area contributed by atoms with Crippen LogP contribution in [0.4, 0.5) is 10.5 Å². The summed E-state index contributed by atoms with van der Waals surface area (Å²) in [5.74, 6) is -0.801. The van der Waals surface area contributed by atoms with E-state index in [-0.39, 0.29) is 23.4 Å². The summed E-state index contributed by atoms with van der Waals surface area (Å²) in [5, 5.41) is 21.0. The van der Waals surface area contributed by atoms with Gasteiger partial charge in [0.25, 0.3) is 0 Å². The third-order valence-electron chi connectivity index (χ3n) is 3.57. The molecule has 0 saturated heterocycles. The molecule has 114 valence electrons. The average molecular weight is 357 g/mol. The summed E-state index contributed by atoms with van der Waals surface area (Å²) in [7, 11) is 1.65.